The topological polar surface area (TPSA) is 21.1 Å². The lowest BCUT2D eigenvalue weighted by Crippen LogP contribution is -3.12. The summed E-state index contributed by atoms with van der Waals surface area (Å²) in [5, 5.41) is 3.46. The molecule has 1 saturated heterocycles. The van der Waals surface area contributed by atoms with Gasteiger partial charge < -0.3 is 10.2 Å². The molecule has 1 aliphatic heterocycles. The maximum absolute atomic E-state index is 6.05. The number of nitrogens with one attached hydrogen (secondary N) is 1. The molecule has 1 atom stereocenters. The van der Waals surface area contributed by atoms with E-state index in [1.165, 1.54) is 57.3 Å². The van der Waals surface area contributed by atoms with Gasteiger partial charge in [0.1, 0.15) is 0 Å². The molecule has 2 nitrogen and oxygen atoms in total. The van der Waals surface area contributed by atoms with Gasteiger partial charge in [0.05, 0.1) is 32.7 Å². The SMILES string of the molecule is CC(C)CC[C@H](CC[NH2+]C1CC[NH+](C)CC1)c1ccc(Cl)cc1. The van der Waals surface area contributed by atoms with E-state index in [0.717, 1.165) is 17.0 Å². The van der Waals surface area contributed by atoms with E-state index in [1.807, 2.05) is 12.1 Å². The van der Waals surface area contributed by atoms with Gasteiger partial charge in [-0.15, -0.1) is 0 Å². The van der Waals surface area contributed by atoms with Crippen molar-refractivity contribution >= 4 is 11.6 Å². The molecule has 0 unspecified atom stereocenters. The summed E-state index contributed by atoms with van der Waals surface area (Å²) in [5.74, 6) is 1.47. The van der Waals surface area contributed by atoms with Gasteiger partial charge >= 0.3 is 0 Å². The van der Waals surface area contributed by atoms with Gasteiger partial charge in [0.25, 0.3) is 0 Å². The Hall–Kier alpha value is -0.570. The minimum atomic E-state index is 0.683. The van der Waals surface area contributed by atoms with Crippen LogP contribution in [-0.2, 0) is 0 Å². The second-order valence-corrected chi connectivity index (χ2v) is 8.26. The zero-order chi connectivity index (χ0) is 16.7. The van der Waals surface area contributed by atoms with Crippen LogP contribution in [0.15, 0.2) is 24.3 Å². The maximum Gasteiger partial charge on any atom is 0.0967 e. The highest BCUT2D eigenvalue weighted by Crippen LogP contribution is 2.27. The van der Waals surface area contributed by atoms with Crippen molar-refractivity contribution in [2.75, 3.05) is 26.7 Å². The lowest BCUT2D eigenvalue weighted by atomic mass is 9.88. The van der Waals surface area contributed by atoms with Gasteiger partial charge in [-0.3, -0.25) is 0 Å². The number of piperidine rings is 1. The highest BCUT2D eigenvalue weighted by molar-refractivity contribution is 6.30. The van der Waals surface area contributed by atoms with Gasteiger partial charge in [0.15, 0.2) is 0 Å². The molecule has 1 fully saturated rings. The van der Waals surface area contributed by atoms with E-state index in [2.05, 4.69) is 38.3 Å². The molecule has 1 heterocycles. The van der Waals surface area contributed by atoms with Crippen LogP contribution < -0.4 is 10.2 Å². The van der Waals surface area contributed by atoms with Crippen LogP contribution in [0.25, 0.3) is 0 Å². The summed E-state index contributed by atoms with van der Waals surface area (Å²) in [5.41, 5.74) is 1.47. The van der Waals surface area contributed by atoms with Gasteiger partial charge in [0, 0.05) is 24.3 Å². The molecule has 3 heteroatoms. The molecule has 0 radical (unpaired) electrons. The van der Waals surface area contributed by atoms with Crippen LogP contribution in [0.3, 0.4) is 0 Å². The molecule has 2 rings (SSSR count). The van der Waals surface area contributed by atoms with Crippen LogP contribution in [0.5, 0.6) is 0 Å². The molecular weight excluding hydrogens is 304 g/mol. The van der Waals surface area contributed by atoms with Gasteiger partial charge in [0.2, 0.25) is 0 Å². The van der Waals surface area contributed by atoms with Crippen molar-refractivity contribution in [3.8, 4) is 0 Å². The molecule has 130 valence electrons. The predicted octanol–water partition coefficient (Wildman–Crippen LogP) is 2.49. The normalized spacial score (nSPS) is 23.2. The van der Waals surface area contributed by atoms with E-state index < -0.39 is 0 Å². The van der Waals surface area contributed by atoms with Crippen LogP contribution in [-0.4, -0.2) is 32.7 Å². The first-order valence-electron chi connectivity index (χ1n) is 9.44. The van der Waals surface area contributed by atoms with Gasteiger partial charge in [-0.1, -0.05) is 44.0 Å². The molecule has 23 heavy (non-hydrogen) atoms. The van der Waals surface area contributed by atoms with Crippen LogP contribution in [0, 0.1) is 5.92 Å². The van der Waals surface area contributed by atoms with E-state index in [9.17, 15) is 0 Å². The fourth-order valence-electron chi connectivity index (χ4n) is 3.65. The molecule has 0 aromatic heterocycles. The fraction of sp³-hybridized carbons (Fsp3) is 0.700. The average Bonchev–Trinajstić information content (AvgIpc) is 2.53. The standard InChI is InChI=1S/C20H33ClN2/c1-16(2)4-5-18(17-6-8-19(21)9-7-17)10-13-22-20-11-14-23(3)15-12-20/h6-9,16,18,20,22H,4-5,10-15H2,1-3H3/p+2/t18-/m1/s1. The largest absolute Gasteiger partial charge is 0.343 e. The van der Waals surface area contributed by atoms with Crippen molar-refractivity contribution in [3.05, 3.63) is 34.9 Å². The quantitative estimate of drug-likeness (QED) is 0.726. The van der Waals surface area contributed by atoms with Crippen LogP contribution in [0.2, 0.25) is 5.02 Å². The number of hydrogen-bond donors (Lipinski definition) is 2. The van der Waals surface area contributed by atoms with E-state index in [4.69, 9.17) is 11.6 Å². The monoisotopic (exact) mass is 338 g/mol. The van der Waals surface area contributed by atoms with Gasteiger partial charge in [-0.2, -0.15) is 0 Å². The Bertz CT molecular complexity index is 435. The third-order valence-corrected chi connectivity index (χ3v) is 5.58. The smallest absolute Gasteiger partial charge is 0.0967 e. The Morgan fingerprint density at radius 2 is 1.74 bits per heavy atom. The third kappa shape index (κ3) is 6.82. The Morgan fingerprint density at radius 3 is 2.35 bits per heavy atom. The summed E-state index contributed by atoms with van der Waals surface area (Å²) in [6.07, 6.45) is 6.65. The molecule has 0 amide bonds. The molecule has 0 bridgehead atoms. The molecule has 1 aromatic rings. The molecule has 1 aliphatic rings. The van der Waals surface area contributed by atoms with Gasteiger partial charge in [-0.25, -0.2) is 0 Å². The summed E-state index contributed by atoms with van der Waals surface area (Å²) >= 11 is 6.05. The van der Waals surface area contributed by atoms with Crippen molar-refractivity contribution in [1.82, 2.24) is 0 Å². The number of halogens is 1. The lowest BCUT2D eigenvalue weighted by molar-refractivity contribution is -0.894. The minimum absolute atomic E-state index is 0.683. The van der Waals surface area contributed by atoms with Crippen molar-refractivity contribution in [1.29, 1.82) is 0 Å². The molecule has 0 spiro atoms. The van der Waals surface area contributed by atoms with E-state index in [1.54, 1.807) is 4.90 Å². The Labute approximate surface area is 147 Å². The third-order valence-electron chi connectivity index (χ3n) is 5.33. The number of hydrogen-bond acceptors (Lipinski definition) is 0. The second-order valence-electron chi connectivity index (χ2n) is 7.83. The summed E-state index contributed by atoms with van der Waals surface area (Å²) in [4.78, 5) is 1.70. The summed E-state index contributed by atoms with van der Waals surface area (Å²) in [6, 6.07) is 9.40. The van der Waals surface area contributed by atoms with Crippen LogP contribution in [0.1, 0.15) is 57.4 Å². The van der Waals surface area contributed by atoms with Crippen molar-refractivity contribution in [3.63, 3.8) is 0 Å². The Balaban J connectivity index is 1.83. The number of benzene rings is 1. The average molecular weight is 339 g/mol. The fourth-order valence-corrected chi connectivity index (χ4v) is 3.77. The first-order chi connectivity index (χ1) is 11.0. The number of rotatable bonds is 8. The lowest BCUT2D eigenvalue weighted by Gasteiger charge is -2.26. The molecule has 0 aliphatic carbocycles. The first-order valence-corrected chi connectivity index (χ1v) is 9.82. The molecule has 0 saturated carbocycles. The highest BCUT2D eigenvalue weighted by Gasteiger charge is 2.22. The summed E-state index contributed by atoms with van der Waals surface area (Å²) < 4.78 is 0. The summed E-state index contributed by atoms with van der Waals surface area (Å²) in [6.45, 7) is 8.59. The Morgan fingerprint density at radius 1 is 1.09 bits per heavy atom. The zero-order valence-electron chi connectivity index (χ0n) is 15.2. The van der Waals surface area contributed by atoms with E-state index in [0.29, 0.717) is 5.92 Å². The van der Waals surface area contributed by atoms with Crippen LogP contribution in [0.4, 0.5) is 0 Å². The van der Waals surface area contributed by atoms with Crippen LogP contribution >= 0.6 is 11.6 Å². The first kappa shape index (κ1) is 18.8. The molecular formula is C20H35ClN2+2. The van der Waals surface area contributed by atoms with Gasteiger partial charge in [-0.05, 0) is 36.0 Å². The zero-order valence-corrected chi connectivity index (χ0v) is 15.9. The highest BCUT2D eigenvalue weighted by atomic mass is 35.5. The van der Waals surface area contributed by atoms with Crippen molar-refractivity contribution in [2.24, 2.45) is 5.92 Å². The van der Waals surface area contributed by atoms with E-state index >= 15 is 0 Å². The predicted molar refractivity (Wildman–Crippen MR) is 99.3 cm³/mol. The minimum Gasteiger partial charge on any atom is -0.343 e. The number of likely N-dealkylation sites (tertiary alicyclic amines) is 1. The number of nitrogens with two attached hydrogens (primary N) is 1. The second kappa shape index (κ2) is 9.66. The van der Waals surface area contributed by atoms with Crippen molar-refractivity contribution < 1.29 is 10.2 Å². The summed E-state index contributed by atoms with van der Waals surface area (Å²) in [7, 11) is 2.32. The maximum atomic E-state index is 6.05. The Kier molecular flexibility index (Phi) is 7.88. The van der Waals surface area contributed by atoms with E-state index in [-0.39, 0.29) is 0 Å². The van der Waals surface area contributed by atoms with Crippen molar-refractivity contribution in [2.45, 2.75) is 57.9 Å². The molecule has 1 aromatic carbocycles. The molecule has 3 N–H and O–H groups in total. The number of quaternary nitrogens is 2.